The average Bonchev–Trinajstić information content (AvgIpc) is 2.35. The summed E-state index contributed by atoms with van der Waals surface area (Å²) in [6, 6.07) is 5.03. The molecule has 2 unspecified atom stereocenters. The summed E-state index contributed by atoms with van der Waals surface area (Å²) in [6.45, 7) is 4.16. The van der Waals surface area contributed by atoms with Gasteiger partial charge in [-0.25, -0.2) is 0 Å². The summed E-state index contributed by atoms with van der Waals surface area (Å²) in [4.78, 5) is 0. The van der Waals surface area contributed by atoms with Gasteiger partial charge in [0.15, 0.2) is 0 Å². The Hall–Kier alpha value is -1.07. The number of aliphatic hydroxyl groups excluding tert-OH is 1. The zero-order valence-corrected chi connectivity index (χ0v) is 11.1. The van der Waals surface area contributed by atoms with Gasteiger partial charge in [-0.1, -0.05) is 25.1 Å². The van der Waals surface area contributed by atoms with Crippen molar-refractivity contribution >= 4 is 0 Å². The van der Waals surface area contributed by atoms with E-state index in [4.69, 9.17) is 4.74 Å². The van der Waals surface area contributed by atoms with E-state index in [2.05, 4.69) is 0 Å². The fourth-order valence-electron chi connectivity index (χ4n) is 1.96. The molecule has 0 aliphatic rings. The van der Waals surface area contributed by atoms with Gasteiger partial charge in [-0.15, -0.1) is 0 Å². The SMILES string of the molecule is CCOC(CC)C(O)Cc1cccc(C(F)(F)F)c1. The molecule has 1 aromatic rings. The van der Waals surface area contributed by atoms with Crippen molar-refractivity contribution in [3.05, 3.63) is 35.4 Å². The minimum Gasteiger partial charge on any atom is -0.390 e. The first-order valence-electron chi connectivity index (χ1n) is 6.34. The molecule has 1 aromatic carbocycles. The predicted octanol–water partition coefficient (Wildman–Crippen LogP) is 3.42. The summed E-state index contributed by atoms with van der Waals surface area (Å²) in [5.74, 6) is 0. The van der Waals surface area contributed by atoms with E-state index in [0.29, 0.717) is 18.6 Å². The molecule has 0 radical (unpaired) electrons. The first-order valence-corrected chi connectivity index (χ1v) is 6.34. The maximum Gasteiger partial charge on any atom is 0.416 e. The van der Waals surface area contributed by atoms with Gasteiger partial charge in [-0.05, 0) is 25.0 Å². The van der Waals surface area contributed by atoms with Gasteiger partial charge in [-0.3, -0.25) is 0 Å². The maximum absolute atomic E-state index is 12.6. The molecule has 0 amide bonds. The third-order valence-electron chi connectivity index (χ3n) is 2.91. The molecule has 0 bridgehead atoms. The lowest BCUT2D eigenvalue weighted by Gasteiger charge is -2.21. The highest BCUT2D eigenvalue weighted by atomic mass is 19.4. The van der Waals surface area contributed by atoms with E-state index < -0.39 is 17.8 Å². The maximum atomic E-state index is 12.6. The van der Waals surface area contributed by atoms with Crippen LogP contribution in [0.1, 0.15) is 31.4 Å². The predicted molar refractivity (Wildman–Crippen MR) is 66.9 cm³/mol. The summed E-state index contributed by atoms with van der Waals surface area (Å²) in [5.41, 5.74) is -0.234. The van der Waals surface area contributed by atoms with Crippen molar-refractivity contribution in [2.45, 2.75) is 45.1 Å². The normalized spacial score (nSPS) is 15.3. The molecule has 0 fully saturated rings. The van der Waals surface area contributed by atoms with Gasteiger partial charge in [0, 0.05) is 13.0 Å². The number of aliphatic hydroxyl groups is 1. The van der Waals surface area contributed by atoms with Crippen LogP contribution in [0.4, 0.5) is 13.2 Å². The third-order valence-corrected chi connectivity index (χ3v) is 2.91. The lowest BCUT2D eigenvalue weighted by atomic mass is 10.0. The van der Waals surface area contributed by atoms with Crippen LogP contribution < -0.4 is 0 Å². The Morgan fingerprint density at radius 3 is 2.47 bits per heavy atom. The second kappa shape index (κ2) is 6.91. The van der Waals surface area contributed by atoms with Gasteiger partial charge in [0.05, 0.1) is 17.8 Å². The standard InChI is InChI=1S/C14H19F3O2/c1-3-13(19-4-2)12(18)9-10-6-5-7-11(8-10)14(15,16)17/h5-8,12-13,18H,3-4,9H2,1-2H3. The van der Waals surface area contributed by atoms with E-state index >= 15 is 0 Å². The highest BCUT2D eigenvalue weighted by Gasteiger charge is 2.30. The molecule has 1 rings (SSSR count). The first kappa shape index (κ1) is 16.0. The molecule has 5 heteroatoms. The van der Waals surface area contributed by atoms with Crippen molar-refractivity contribution in [1.82, 2.24) is 0 Å². The van der Waals surface area contributed by atoms with Gasteiger partial charge < -0.3 is 9.84 Å². The number of rotatable bonds is 6. The van der Waals surface area contributed by atoms with Crippen LogP contribution in [0.25, 0.3) is 0 Å². The largest absolute Gasteiger partial charge is 0.416 e. The molecule has 0 heterocycles. The summed E-state index contributed by atoms with van der Waals surface area (Å²) >= 11 is 0. The molecular formula is C14H19F3O2. The topological polar surface area (TPSA) is 29.5 Å². The Balaban J connectivity index is 2.76. The van der Waals surface area contributed by atoms with Crippen LogP contribution in [0.5, 0.6) is 0 Å². The van der Waals surface area contributed by atoms with Crippen molar-refractivity contribution in [3.63, 3.8) is 0 Å². The minimum atomic E-state index is -4.36. The zero-order valence-electron chi connectivity index (χ0n) is 11.1. The van der Waals surface area contributed by atoms with E-state index in [9.17, 15) is 18.3 Å². The van der Waals surface area contributed by atoms with Gasteiger partial charge in [0.1, 0.15) is 0 Å². The van der Waals surface area contributed by atoms with Crippen LogP contribution >= 0.6 is 0 Å². The van der Waals surface area contributed by atoms with Crippen molar-refractivity contribution in [2.24, 2.45) is 0 Å². The van der Waals surface area contributed by atoms with Crippen LogP contribution in [-0.4, -0.2) is 23.9 Å². The molecule has 0 saturated carbocycles. The molecule has 19 heavy (non-hydrogen) atoms. The molecule has 108 valence electrons. The van der Waals surface area contributed by atoms with E-state index in [-0.39, 0.29) is 12.5 Å². The van der Waals surface area contributed by atoms with E-state index in [0.717, 1.165) is 12.1 Å². The molecule has 2 atom stereocenters. The van der Waals surface area contributed by atoms with E-state index in [1.807, 2.05) is 13.8 Å². The van der Waals surface area contributed by atoms with Gasteiger partial charge in [-0.2, -0.15) is 13.2 Å². The molecule has 0 aliphatic heterocycles. The quantitative estimate of drug-likeness (QED) is 0.862. The highest BCUT2D eigenvalue weighted by molar-refractivity contribution is 5.26. The second-order valence-electron chi connectivity index (χ2n) is 4.37. The first-order chi connectivity index (χ1) is 8.88. The Bertz CT molecular complexity index is 391. The highest BCUT2D eigenvalue weighted by Crippen LogP contribution is 2.29. The van der Waals surface area contributed by atoms with Crippen LogP contribution in [0, 0.1) is 0 Å². The van der Waals surface area contributed by atoms with Crippen molar-refractivity contribution in [1.29, 1.82) is 0 Å². The van der Waals surface area contributed by atoms with Crippen molar-refractivity contribution in [3.8, 4) is 0 Å². The summed E-state index contributed by atoms with van der Waals surface area (Å²) < 4.78 is 43.0. The Morgan fingerprint density at radius 2 is 1.95 bits per heavy atom. The number of benzene rings is 1. The number of hydrogen-bond acceptors (Lipinski definition) is 2. The monoisotopic (exact) mass is 276 g/mol. The number of hydrogen-bond donors (Lipinski definition) is 1. The Kier molecular flexibility index (Phi) is 5.82. The van der Waals surface area contributed by atoms with Gasteiger partial charge >= 0.3 is 6.18 Å². The smallest absolute Gasteiger partial charge is 0.390 e. The molecule has 0 aliphatic carbocycles. The second-order valence-corrected chi connectivity index (χ2v) is 4.37. The summed E-state index contributed by atoms with van der Waals surface area (Å²) in [6.07, 6.45) is -4.73. The molecule has 2 nitrogen and oxygen atoms in total. The zero-order chi connectivity index (χ0) is 14.5. The van der Waals surface area contributed by atoms with Crippen molar-refractivity contribution < 1.29 is 23.0 Å². The molecular weight excluding hydrogens is 257 g/mol. The third kappa shape index (κ3) is 4.84. The van der Waals surface area contributed by atoms with E-state index in [1.165, 1.54) is 6.07 Å². The fraction of sp³-hybridized carbons (Fsp3) is 0.571. The molecule has 0 spiro atoms. The van der Waals surface area contributed by atoms with Crippen LogP contribution in [0.2, 0.25) is 0 Å². The number of ether oxygens (including phenoxy) is 1. The van der Waals surface area contributed by atoms with Crippen LogP contribution in [0.15, 0.2) is 24.3 Å². The van der Waals surface area contributed by atoms with Gasteiger partial charge in [0.25, 0.3) is 0 Å². The molecule has 0 saturated heterocycles. The van der Waals surface area contributed by atoms with Crippen molar-refractivity contribution in [2.75, 3.05) is 6.61 Å². The Morgan fingerprint density at radius 1 is 1.26 bits per heavy atom. The molecule has 0 aromatic heterocycles. The van der Waals surface area contributed by atoms with Crippen LogP contribution in [-0.2, 0) is 17.3 Å². The fourth-order valence-corrected chi connectivity index (χ4v) is 1.96. The van der Waals surface area contributed by atoms with Gasteiger partial charge in [0.2, 0.25) is 0 Å². The van der Waals surface area contributed by atoms with Crippen LogP contribution in [0.3, 0.4) is 0 Å². The molecule has 1 N–H and O–H groups in total. The summed E-state index contributed by atoms with van der Waals surface area (Å²) in [5, 5.41) is 9.98. The minimum absolute atomic E-state index is 0.155. The Labute approximate surface area is 111 Å². The summed E-state index contributed by atoms with van der Waals surface area (Å²) in [7, 11) is 0. The lowest BCUT2D eigenvalue weighted by Crippen LogP contribution is -2.30. The number of alkyl halides is 3. The average molecular weight is 276 g/mol. The van der Waals surface area contributed by atoms with E-state index in [1.54, 1.807) is 6.07 Å². The lowest BCUT2D eigenvalue weighted by molar-refractivity contribution is -0.137. The number of halogens is 3.